The van der Waals surface area contributed by atoms with Gasteiger partial charge in [0.25, 0.3) is 0 Å². The van der Waals surface area contributed by atoms with Crippen molar-refractivity contribution in [2.75, 3.05) is 44.3 Å². The summed E-state index contributed by atoms with van der Waals surface area (Å²) >= 11 is 0. The Labute approximate surface area is 249 Å². The minimum absolute atomic E-state index is 0.0859. The molecule has 9 nitrogen and oxygen atoms in total. The number of likely N-dealkylation sites (tertiary alicyclic amines) is 1. The maximum absolute atomic E-state index is 14.5. The van der Waals surface area contributed by atoms with Gasteiger partial charge in [-0.05, 0) is 63.8 Å². The van der Waals surface area contributed by atoms with Crippen LogP contribution in [0.3, 0.4) is 0 Å². The lowest BCUT2D eigenvalue weighted by Crippen LogP contribution is -2.56. The van der Waals surface area contributed by atoms with Gasteiger partial charge in [-0.1, -0.05) is 44.1 Å². The van der Waals surface area contributed by atoms with Gasteiger partial charge in [-0.25, -0.2) is 0 Å². The summed E-state index contributed by atoms with van der Waals surface area (Å²) in [6, 6.07) is 6.57. The highest BCUT2D eigenvalue weighted by molar-refractivity contribution is 6.04. The number of nitrogens with zero attached hydrogens (tertiary/aromatic N) is 3. The topological polar surface area (TPSA) is 99.6 Å². The molecule has 1 unspecified atom stereocenters. The lowest BCUT2D eigenvalue weighted by molar-refractivity contribution is -0.151. The summed E-state index contributed by atoms with van der Waals surface area (Å²) in [6.45, 7) is 8.36. The first-order chi connectivity index (χ1) is 20.3. The molecular formula is C33H45N3O6. The van der Waals surface area contributed by atoms with Crippen molar-refractivity contribution in [1.82, 2.24) is 9.80 Å². The molecule has 0 radical (unpaired) electrons. The summed E-state index contributed by atoms with van der Waals surface area (Å²) < 4.78 is 12.5. The fourth-order valence-corrected chi connectivity index (χ4v) is 7.25. The van der Waals surface area contributed by atoms with E-state index in [1.165, 1.54) is 0 Å². The SMILES string of the molecule is CCCCCN1CC=C[C@]23O[C@@]4(C)C=CCN(c5ccc(OCC)cc5)C(=O)[C@H]4[C@H]2C(=O)N(CCCCCO)C3C1=O. The molecule has 0 aliphatic carbocycles. The molecule has 1 aromatic rings. The summed E-state index contributed by atoms with van der Waals surface area (Å²) in [6.07, 6.45) is 12.7. The standard InChI is InChI=1S/C33H45N3O6/c1-4-6-8-19-34-20-12-18-33-27(30(39)36(28(33)31(34)40)21-9-7-10-23-37)26-29(38)35(22-11-17-32(26,3)42-33)24-13-15-25(16-14-24)41-5-2/h11-18,26-28,37H,4-10,19-23H2,1-3H3/t26-,27+,28?,32+,33+/m1/s1. The molecule has 3 amide bonds. The second kappa shape index (κ2) is 12.6. The number of unbranched alkanes of at least 4 members (excludes halogenated alkanes) is 4. The van der Waals surface area contributed by atoms with Crippen LogP contribution in [0.4, 0.5) is 5.69 Å². The van der Waals surface area contributed by atoms with Crippen LogP contribution in [-0.2, 0) is 19.1 Å². The highest BCUT2D eigenvalue weighted by Crippen LogP contribution is 2.57. The molecule has 5 rings (SSSR count). The van der Waals surface area contributed by atoms with Gasteiger partial charge in [-0.3, -0.25) is 14.4 Å². The maximum Gasteiger partial charge on any atom is 0.249 e. The number of rotatable bonds is 12. The summed E-state index contributed by atoms with van der Waals surface area (Å²) in [4.78, 5) is 48.4. The third kappa shape index (κ3) is 5.26. The van der Waals surface area contributed by atoms with Crippen molar-refractivity contribution in [3.8, 4) is 5.75 Å². The second-order valence-corrected chi connectivity index (χ2v) is 12.0. The number of ether oxygens (including phenoxy) is 2. The quantitative estimate of drug-likeness (QED) is 0.300. The van der Waals surface area contributed by atoms with E-state index in [0.717, 1.165) is 37.1 Å². The van der Waals surface area contributed by atoms with E-state index in [2.05, 4.69) is 6.92 Å². The van der Waals surface area contributed by atoms with E-state index >= 15 is 0 Å². The molecule has 42 heavy (non-hydrogen) atoms. The van der Waals surface area contributed by atoms with Crippen LogP contribution in [0.2, 0.25) is 0 Å². The highest BCUT2D eigenvalue weighted by atomic mass is 16.5. The van der Waals surface area contributed by atoms with Crippen molar-refractivity contribution >= 4 is 23.4 Å². The van der Waals surface area contributed by atoms with Crippen LogP contribution >= 0.6 is 0 Å². The van der Waals surface area contributed by atoms with E-state index in [1.807, 2.05) is 67.3 Å². The number of aliphatic hydroxyl groups excluding tert-OH is 1. The lowest BCUT2D eigenvalue weighted by atomic mass is 9.74. The Morgan fingerprint density at radius 2 is 1.62 bits per heavy atom. The molecule has 9 heteroatoms. The molecule has 228 valence electrons. The van der Waals surface area contributed by atoms with Crippen LogP contribution in [0.5, 0.6) is 5.75 Å². The third-order valence-electron chi connectivity index (χ3n) is 9.19. The molecule has 1 spiro atoms. The van der Waals surface area contributed by atoms with Crippen LogP contribution in [0, 0.1) is 11.8 Å². The second-order valence-electron chi connectivity index (χ2n) is 12.0. The summed E-state index contributed by atoms with van der Waals surface area (Å²) in [5.41, 5.74) is -1.58. The summed E-state index contributed by atoms with van der Waals surface area (Å²) in [5, 5.41) is 9.29. The number of carbonyl (C=O) groups is 3. The smallest absolute Gasteiger partial charge is 0.249 e. The van der Waals surface area contributed by atoms with Crippen LogP contribution in [0.1, 0.15) is 59.3 Å². The molecule has 1 N–H and O–H groups in total. The van der Waals surface area contributed by atoms with Crippen molar-refractivity contribution in [2.24, 2.45) is 11.8 Å². The Kier molecular flexibility index (Phi) is 9.08. The molecule has 2 saturated heterocycles. The first kappa shape index (κ1) is 30.3. The predicted octanol–water partition coefficient (Wildman–Crippen LogP) is 3.71. The molecule has 1 aromatic carbocycles. The van der Waals surface area contributed by atoms with E-state index in [9.17, 15) is 19.5 Å². The normalized spacial score (nSPS) is 30.3. The Morgan fingerprint density at radius 3 is 2.33 bits per heavy atom. The first-order valence-electron chi connectivity index (χ1n) is 15.6. The van der Waals surface area contributed by atoms with E-state index in [1.54, 1.807) is 9.80 Å². The predicted molar refractivity (Wildman–Crippen MR) is 160 cm³/mol. The van der Waals surface area contributed by atoms with Crippen LogP contribution in [-0.4, -0.2) is 89.3 Å². The Hall–Kier alpha value is -3.17. The Bertz CT molecular complexity index is 1210. The monoisotopic (exact) mass is 579 g/mol. The zero-order valence-corrected chi connectivity index (χ0v) is 25.2. The van der Waals surface area contributed by atoms with Crippen LogP contribution in [0.25, 0.3) is 0 Å². The van der Waals surface area contributed by atoms with Gasteiger partial charge in [0.15, 0.2) is 0 Å². The van der Waals surface area contributed by atoms with Gasteiger partial charge < -0.3 is 29.3 Å². The van der Waals surface area contributed by atoms with Gasteiger partial charge in [0.2, 0.25) is 17.7 Å². The number of benzene rings is 1. The first-order valence-corrected chi connectivity index (χ1v) is 15.6. The van der Waals surface area contributed by atoms with Crippen molar-refractivity contribution < 1.29 is 29.0 Å². The largest absolute Gasteiger partial charge is 0.494 e. The Balaban J connectivity index is 1.52. The maximum atomic E-state index is 14.5. The van der Waals surface area contributed by atoms with Crippen molar-refractivity contribution in [3.05, 3.63) is 48.6 Å². The minimum atomic E-state index is -1.24. The van der Waals surface area contributed by atoms with Gasteiger partial charge in [-0.15, -0.1) is 0 Å². The fourth-order valence-electron chi connectivity index (χ4n) is 7.25. The zero-order chi connectivity index (χ0) is 29.9. The number of amides is 3. The molecular weight excluding hydrogens is 534 g/mol. The van der Waals surface area contributed by atoms with Gasteiger partial charge in [-0.2, -0.15) is 0 Å². The van der Waals surface area contributed by atoms with Gasteiger partial charge in [0.05, 0.1) is 24.0 Å². The summed E-state index contributed by atoms with van der Waals surface area (Å²) in [7, 11) is 0. The number of hydrogen-bond acceptors (Lipinski definition) is 6. The van der Waals surface area contributed by atoms with E-state index in [4.69, 9.17) is 9.47 Å². The average Bonchev–Trinajstić information content (AvgIpc) is 3.24. The summed E-state index contributed by atoms with van der Waals surface area (Å²) in [5.74, 6) is -1.42. The van der Waals surface area contributed by atoms with Crippen molar-refractivity contribution in [3.63, 3.8) is 0 Å². The van der Waals surface area contributed by atoms with E-state index in [-0.39, 0.29) is 24.3 Å². The molecule has 4 aliphatic rings. The van der Waals surface area contributed by atoms with E-state index < -0.39 is 29.1 Å². The van der Waals surface area contributed by atoms with E-state index in [0.29, 0.717) is 45.6 Å². The number of fused-ring (bicyclic) bond motifs is 2. The van der Waals surface area contributed by atoms with Crippen LogP contribution < -0.4 is 9.64 Å². The fraction of sp³-hybridized carbons (Fsp3) is 0.606. The van der Waals surface area contributed by atoms with Crippen molar-refractivity contribution in [1.29, 1.82) is 0 Å². The van der Waals surface area contributed by atoms with Gasteiger partial charge in [0, 0.05) is 38.5 Å². The number of aliphatic hydroxyl groups is 1. The zero-order valence-electron chi connectivity index (χ0n) is 25.2. The molecule has 0 saturated carbocycles. The highest BCUT2D eigenvalue weighted by Gasteiger charge is 2.74. The molecule has 4 aliphatic heterocycles. The van der Waals surface area contributed by atoms with Gasteiger partial charge >= 0.3 is 0 Å². The molecule has 4 heterocycles. The number of hydrogen-bond donors (Lipinski definition) is 1. The van der Waals surface area contributed by atoms with Gasteiger partial charge in [0.1, 0.15) is 17.4 Å². The molecule has 2 fully saturated rings. The number of carbonyl (C=O) groups excluding carboxylic acids is 3. The molecule has 0 aromatic heterocycles. The lowest BCUT2D eigenvalue weighted by Gasteiger charge is -2.37. The molecule has 0 bridgehead atoms. The Morgan fingerprint density at radius 1 is 0.881 bits per heavy atom. The minimum Gasteiger partial charge on any atom is -0.494 e. The van der Waals surface area contributed by atoms with Crippen LogP contribution in [0.15, 0.2) is 48.6 Å². The third-order valence-corrected chi connectivity index (χ3v) is 9.19. The molecule has 5 atom stereocenters. The number of anilines is 1. The van der Waals surface area contributed by atoms with Crippen molar-refractivity contribution in [2.45, 2.75) is 76.5 Å². The average molecular weight is 580 g/mol.